The Labute approximate surface area is 110 Å². The molecule has 0 aliphatic heterocycles. The Morgan fingerprint density at radius 3 is 2.80 bits per heavy atom. The summed E-state index contributed by atoms with van der Waals surface area (Å²) in [5.74, 6) is -2.27. The van der Waals surface area contributed by atoms with Crippen LogP contribution in [-0.2, 0) is 0 Å². The third kappa shape index (κ3) is 1.99. The van der Waals surface area contributed by atoms with Crippen LogP contribution in [0, 0.1) is 11.6 Å². The predicted octanol–water partition coefficient (Wildman–Crippen LogP) is 2.60. The lowest BCUT2D eigenvalue weighted by Crippen LogP contribution is -1.96. The van der Waals surface area contributed by atoms with Gasteiger partial charge in [-0.3, -0.25) is 0 Å². The van der Waals surface area contributed by atoms with Crippen molar-refractivity contribution in [3.8, 4) is 11.4 Å². The van der Waals surface area contributed by atoms with Gasteiger partial charge in [-0.05, 0) is 24.3 Å². The first-order valence-corrected chi connectivity index (χ1v) is 5.59. The fraction of sp³-hybridized carbons (Fsp3) is 0. The van der Waals surface area contributed by atoms with Gasteiger partial charge in [-0.15, -0.1) is 0 Å². The normalized spacial score (nSPS) is 10.9. The van der Waals surface area contributed by atoms with E-state index in [0.29, 0.717) is 5.52 Å². The number of carboxylic acid groups (broad SMARTS) is 1. The van der Waals surface area contributed by atoms with E-state index in [2.05, 4.69) is 15.0 Å². The third-order valence-electron chi connectivity index (χ3n) is 2.77. The van der Waals surface area contributed by atoms with E-state index in [1.165, 1.54) is 6.07 Å². The van der Waals surface area contributed by atoms with E-state index in [9.17, 15) is 13.6 Å². The summed E-state index contributed by atoms with van der Waals surface area (Å²) in [5, 5.41) is 8.86. The van der Waals surface area contributed by atoms with Crippen molar-refractivity contribution in [1.82, 2.24) is 15.0 Å². The van der Waals surface area contributed by atoms with Crippen molar-refractivity contribution < 1.29 is 18.7 Å². The average molecular weight is 275 g/mol. The van der Waals surface area contributed by atoms with E-state index in [1.54, 1.807) is 0 Å². The second-order valence-electron chi connectivity index (χ2n) is 4.11. The topological polar surface area (TPSA) is 78.9 Å². The van der Waals surface area contributed by atoms with Crippen LogP contribution in [-0.4, -0.2) is 26.0 Å². The van der Waals surface area contributed by atoms with Crippen LogP contribution in [0.3, 0.4) is 0 Å². The van der Waals surface area contributed by atoms with Gasteiger partial charge in [0.05, 0.1) is 16.6 Å². The van der Waals surface area contributed by atoms with E-state index in [1.807, 2.05) is 0 Å². The average Bonchev–Trinajstić information content (AvgIpc) is 2.83. The zero-order chi connectivity index (χ0) is 14.3. The van der Waals surface area contributed by atoms with Gasteiger partial charge in [-0.25, -0.2) is 23.5 Å². The van der Waals surface area contributed by atoms with Crippen molar-refractivity contribution >= 4 is 17.1 Å². The summed E-state index contributed by atoms with van der Waals surface area (Å²) in [6.45, 7) is 0. The standard InChI is InChI=1S/C13H7F2N3O2/c14-7-1-2-9(15)8(4-7)11-17-10-3-6(13(19)20)5-16-12(10)18-11/h1-5H,(H,19,20)(H,16,17,18). The van der Waals surface area contributed by atoms with Gasteiger partial charge >= 0.3 is 5.97 Å². The first-order valence-electron chi connectivity index (χ1n) is 5.59. The Kier molecular flexibility index (Phi) is 2.67. The van der Waals surface area contributed by atoms with Gasteiger partial charge < -0.3 is 10.1 Å². The first kappa shape index (κ1) is 12.2. The number of aromatic amines is 1. The fourth-order valence-corrected chi connectivity index (χ4v) is 1.82. The number of carboxylic acids is 1. The molecular weight excluding hydrogens is 268 g/mol. The van der Waals surface area contributed by atoms with Crippen molar-refractivity contribution in [2.24, 2.45) is 0 Å². The lowest BCUT2D eigenvalue weighted by atomic mass is 10.2. The summed E-state index contributed by atoms with van der Waals surface area (Å²) in [4.78, 5) is 21.4. The van der Waals surface area contributed by atoms with Gasteiger partial charge in [0.15, 0.2) is 5.65 Å². The number of imidazole rings is 1. The molecule has 0 saturated heterocycles. The molecule has 0 fully saturated rings. The number of aromatic nitrogens is 3. The number of hydrogen-bond acceptors (Lipinski definition) is 3. The van der Waals surface area contributed by atoms with Crippen molar-refractivity contribution in [3.63, 3.8) is 0 Å². The Balaban J connectivity index is 2.17. The molecule has 0 radical (unpaired) electrons. The number of benzene rings is 1. The van der Waals surface area contributed by atoms with Crippen LogP contribution < -0.4 is 0 Å². The number of fused-ring (bicyclic) bond motifs is 1. The van der Waals surface area contributed by atoms with Gasteiger partial charge in [0.2, 0.25) is 0 Å². The molecule has 2 heterocycles. The molecule has 0 amide bonds. The molecule has 100 valence electrons. The number of carbonyl (C=O) groups is 1. The Morgan fingerprint density at radius 2 is 2.05 bits per heavy atom. The molecule has 1 aromatic carbocycles. The molecule has 3 aromatic rings. The quantitative estimate of drug-likeness (QED) is 0.753. The largest absolute Gasteiger partial charge is 0.478 e. The summed E-state index contributed by atoms with van der Waals surface area (Å²) < 4.78 is 26.8. The highest BCUT2D eigenvalue weighted by Gasteiger charge is 2.13. The Morgan fingerprint density at radius 1 is 1.25 bits per heavy atom. The van der Waals surface area contributed by atoms with Gasteiger partial charge in [-0.2, -0.15) is 0 Å². The van der Waals surface area contributed by atoms with Crippen LogP contribution in [0.25, 0.3) is 22.6 Å². The number of H-pyrrole nitrogens is 1. The fourth-order valence-electron chi connectivity index (χ4n) is 1.82. The monoisotopic (exact) mass is 275 g/mol. The van der Waals surface area contributed by atoms with Crippen LogP contribution >= 0.6 is 0 Å². The van der Waals surface area contributed by atoms with Gasteiger partial charge in [0, 0.05) is 6.20 Å². The number of nitrogens with one attached hydrogen (secondary N) is 1. The van der Waals surface area contributed by atoms with Crippen LogP contribution in [0.5, 0.6) is 0 Å². The minimum atomic E-state index is -1.13. The SMILES string of the molecule is O=C(O)c1cnc2nc(-c3cc(F)ccc3F)[nH]c2c1. The van der Waals surface area contributed by atoms with E-state index in [-0.39, 0.29) is 22.6 Å². The minimum absolute atomic E-state index is 0.0209. The Bertz CT molecular complexity index is 830. The smallest absolute Gasteiger partial charge is 0.337 e. The zero-order valence-electron chi connectivity index (χ0n) is 9.89. The molecule has 3 rings (SSSR count). The highest BCUT2D eigenvalue weighted by molar-refractivity contribution is 5.91. The first-order chi connectivity index (χ1) is 9.54. The number of rotatable bonds is 2. The van der Waals surface area contributed by atoms with Gasteiger partial charge in [-0.1, -0.05) is 0 Å². The van der Waals surface area contributed by atoms with Crippen molar-refractivity contribution in [2.75, 3.05) is 0 Å². The number of halogens is 2. The molecule has 2 N–H and O–H groups in total. The molecule has 0 aliphatic rings. The maximum Gasteiger partial charge on any atom is 0.337 e. The maximum atomic E-state index is 13.7. The van der Waals surface area contributed by atoms with E-state index < -0.39 is 17.6 Å². The Hall–Kier alpha value is -2.83. The third-order valence-corrected chi connectivity index (χ3v) is 2.77. The molecule has 0 unspecified atom stereocenters. The molecule has 0 bridgehead atoms. The molecular formula is C13H7F2N3O2. The summed E-state index contributed by atoms with van der Waals surface area (Å²) in [6, 6.07) is 4.33. The molecule has 2 aromatic heterocycles. The number of nitrogens with zero attached hydrogens (tertiary/aromatic N) is 2. The second kappa shape index (κ2) is 4.37. The molecule has 0 saturated carbocycles. The molecule has 0 atom stereocenters. The molecule has 7 heteroatoms. The summed E-state index contributed by atoms with van der Waals surface area (Å²) in [6.07, 6.45) is 1.15. The number of pyridine rings is 1. The van der Waals surface area contributed by atoms with Crippen LogP contribution in [0.1, 0.15) is 10.4 Å². The van der Waals surface area contributed by atoms with Crippen LogP contribution in [0.2, 0.25) is 0 Å². The van der Waals surface area contributed by atoms with Crippen LogP contribution in [0.15, 0.2) is 30.5 Å². The van der Waals surface area contributed by atoms with Gasteiger partial charge in [0.25, 0.3) is 0 Å². The zero-order valence-corrected chi connectivity index (χ0v) is 9.89. The van der Waals surface area contributed by atoms with E-state index in [0.717, 1.165) is 24.4 Å². The molecule has 0 aliphatic carbocycles. The van der Waals surface area contributed by atoms with Crippen molar-refractivity contribution in [3.05, 3.63) is 47.7 Å². The number of aromatic carboxylic acids is 1. The van der Waals surface area contributed by atoms with Crippen molar-refractivity contribution in [2.45, 2.75) is 0 Å². The van der Waals surface area contributed by atoms with E-state index in [4.69, 9.17) is 5.11 Å². The number of hydrogen-bond donors (Lipinski definition) is 2. The maximum absolute atomic E-state index is 13.7. The predicted molar refractivity (Wildman–Crippen MR) is 66.2 cm³/mol. The minimum Gasteiger partial charge on any atom is -0.478 e. The van der Waals surface area contributed by atoms with Crippen LogP contribution in [0.4, 0.5) is 8.78 Å². The lowest BCUT2D eigenvalue weighted by Gasteiger charge is -1.98. The summed E-state index contributed by atoms with van der Waals surface area (Å²) in [7, 11) is 0. The second-order valence-corrected chi connectivity index (χ2v) is 4.11. The summed E-state index contributed by atoms with van der Waals surface area (Å²) >= 11 is 0. The summed E-state index contributed by atoms with van der Waals surface area (Å²) in [5.41, 5.74) is 0.504. The molecule has 0 spiro atoms. The van der Waals surface area contributed by atoms with Gasteiger partial charge in [0.1, 0.15) is 17.5 Å². The molecule has 20 heavy (non-hydrogen) atoms. The van der Waals surface area contributed by atoms with E-state index >= 15 is 0 Å². The molecule has 5 nitrogen and oxygen atoms in total. The lowest BCUT2D eigenvalue weighted by molar-refractivity contribution is 0.0696. The highest BCUT2D eigenvalue weighted by atomic mass is 19.1. The van der Waals surface area contributed by atoms with Crippen molar-refractivity contribution in [1.29, 1.82) is 0 Å². The highest BCUT2D eigenvalue weighted by Crippen LogP contribution is 2.23.